The summed E-state index contributed by atoms with van der Waals surface area (Å²) < 4.78 is 5.17. The van der Waals surface area contributed by atoms with Crippen LogP contribution in [-0.4, -0.2) is 39.8 Å². The SMILES string of the molecule is CCCC1(O)CN(C(=O)c2cc(C3CC3)on2)C1. The molecule has 1 N–H and O–H groups in total. The smallest absolute Gasteiger partial charge is 0.276 e. The Hall–Kier alpha value is -1.36. The molecule has 1 amide bonds. The van der Waals surface area contributed by atoms with E-state index < -0.39 is 5.60 Å². The summed E-state index contributed by atoms with van der Waals surface area (Å²) in [7, 11) is 0. The first-order valence-electron chi connectivity index (χ1n) is 6.59. The Labute approximate surface area is 106 Å². The van der Waals surface area contributed by atoms with Gasteiger partial charge in [0.1, 0.15) is 5.76 Å². The normalized spacial score (nSPS) is 21.8. The van der Waals surface area contributed by atoms with Crippen LogP contribution in [0.15, 0.2) is 10.6 Å². The predicted molar refractivity (Wildman–Crippen MR) is 64.2 cm³/mol. The maximum atomic E-state index is 12.1. The second kappa shape index (κ2) is 4.09. The highest BCUT2D eigenvalue weighted by atomic mass is 16.5. The molecule has 0 unspecified atom stereocenters. The van der Waals surface area contributed by atoms with Crippen LogP contribution in [0.3, 0.4) is 0 Å². The van der Waals surface area contributed by atoms with Crippen LogP contribution in [0.25, 0.3) is 0 Å². The van der Waals surface area contributed by atoms with Crippen LogP contribution in [0.4, 0.5) is 0 Å². The Morgan fingerprint density at radius 3 is 2.94 bits per heavy atom. The standard InChI is InChI=1S/C13H18N2O3/c1-2-5-13(17)7-15(8-13)12(16)10-6-11(18-14-10)9-3-4-9/h6,9,17H,2-5,7-8H2,1H3. The molecule has 0 aromatic carbocycles. The largest absolute Gasteiger partial charge is 0.386 e. The first kappa shape index (κ1) is 11.7. The monoisotopic (exact) mass is 250 g/mol. The molecular formula is C13H18N2O3. The van der Waals surface area contributed by atoms with Crippen LogP contribution in [0.5, 0.6) is 0 Å². The maximum absolute atomic E-state index is 12.1. The highest BCUT2D eigenvalue weighted by molar-refractivity contribution is 5.93. The van der Waals surface area contributed by atoms with Gasteiger partial charge in [-0.2, -0.15) is 0 Å². The molecule has 1 aromatic heterocycles. The molecule has 2 aliphatic rings. The summed E-state index contributed by atoms with van der Waals surface area (Å²) >= 11 is 0. The zero-order chi connectivity index (χ0) is 12.8. The average molecular weight is 250 g/mol. The van der Waals surface area contributed by atoms with Crippen molar-refractivity contribution in [2.45, 2.75) is 44.1 Å². The van der Waals surface area contributed by atoms with Crippen molar-refractivity contribution < 1.29 is 14.4 Å². The van der Waals surface area contributed by atoms with Gasteiger partial charge in [0.25, 0.3) is 5.91 Å². The fraction of sp³-hybridized carbons (Fsp3) is 0.692. The molecule has 2 fully saturated rings. The van der Waals surface area contributed by atoms with Crippen molar-refractivity contribution in [3.63, 3.8) is 0 Å². The summed E-state index contributed by atoms with van der Waals surface area (Å²) in [5.41, 5.74) is -0.316. The number of aromatic nitrogens is 1. The maximum Gasteiger partial charge on any atom is 0.276 e. The Balaban J connectivity index is 1.61. The first-order valence-corrected chi connectivity index (χ1v) is 6.59. The molecule has 2 heterocycles. The van der Waals surface area contributed by atoms with Gasteiger partial charge in [-0.15, -0.1) is 0 Å². The Kier molecular flexibility index (Phi) is 2.66. The molecule has 1 aliphatic heterocycles. The summed E-state index contributed by atoms with van der Waals surface area (Å²) in [5, 5.41) is 13.9. The molecule has 0 bridgehead atoms. The number of hydrogen-bond acceptors (Lipinski definition) is 4. The van der Waals surface area contributed by atoms with E-state index in [-0.39, 0.29) is 5.91 Å². The summed E-state index contributed by atoms with van der Waals surface area (Å²) in [6.45, 7) is 2.85. The molecule has 0 atom stereocenters. The number of nitrogens with zero attached hydrogens (tertiary/aromatic N) is 2. The van der Waals surface area contributed by atoms with Gasteiger partial charge in [0.2, 0.25) is 0 Å². The highest BCUT2D eigenvalue weighted by Gasteiger charge is 2.43. The van der Waals surface area contributed by atoms with E-state index in [4.69, 9.17) is 4.52 Å². The lowest BCUT2D eigenvalue weighted by atomic mass is 9.89. The molecule has 1 saturated heterocycles. The molecule has 0 spiro atoms. The third-order valence-corrected chi connectivity index (χ3v) is 3.70. The van der Waals surface area contributed by atoms with Gasteiger partial charge in [0.15, 0.2) is 5.69 Å². The van der Waals surface area contributed by atoms with E-state index in [1.807, 2.05) is 6.92 Å². The van der Waals surface area contributed by atoms with Crippen molar-refractivity contribution in [2.24, 2.45) is 0 Å². The molecule has 3 rings (SSSR count). The predicted octanol–water partition coefficient (Wildman–Crippen LogP) is 1.54. The lowest BCUT2D eigenvalue weighted by Gasteiger charge is -2.46. The number of β-amino-alcohol motifs (C(OH)–C–C–N with tert-alkyl or cyclic N) is 1. The van der Waals surface area contributed by atoms with Gasteiger partial charge in [0, 0.05) is 12.0 Å². The van der Waals surface area contributed by atoms with Crippen LogP contribution < -0.4 is 0 Å². The molecular weight excluding hydrogens is 232 g/mol. The highest BCUT2D eigenvalue weighted by Crippen LogP contribution is 2.40. The molecule has 5 heteroatoms. The molecule has 0 radical (unpaired) electrons. The van der Waals surface area contributed by atoms with Gasteiger partial charge in [-0.25, -0.2) is 0 Å². The number of rotatable bonds is 4. The number of carbonyl (C=O) groups is 1. The van der Waals surface area contributed by atoms with E-state index in [9.17, 15) is 9.90 Å². The van der Waals surface area contributed by atoms with E-state index in [0.29, 0.717) is 24.7 Å². The quantitative estimate of drug-likeness (QED) is 0.880. The van der Waals surface area contributed by atoms with Crippen molar-refractivity contribution >= 4 is 5.91 Å². The Morgan fingerprint density at radius 2 is 2.33 bits per heavy atom. The minimum absolute atomic E-state index is 0.133. The lowest BCUT2D eigenvalue weighted by molar-refractivity contribution is -0.0862. The van der Waals surface area contributed by atoms with Crippen LogP contribution >= 0.6 is 0 Å². The van der Waals surface area contributed by atoms with Gasteiger partial charge in [-0.1, -0.05) is 18.5 Å². The van der Waals surface area contributed by atoms with E-state index >= 15 is 0 Å². The second-order valence-corrected chi connectivity index (χ2v) is 5.52. The topological polar surface area (TPSA) is 66.6 Å². The molecule has 5 nitrogen and oxygen atoms in total. The van der Waals surface area contributed by atoms with E-state index in [2.05, 4.69) is 5.16 Å². The summed E-state index contributed by atoms with van der Waals surface area (Å²) in [4.78, 5) is 13.7. The molecule has 1 aliphatic carbocycles. The average Bonchev–Trinajstić information content (AvgIpc) is 3.04. The zero-order valence-electron chi connectivity index (χ0n) is 10.6. The third-order valence-electron chi connectivity index (χ3n) is 3.70. The fourth-order valence-corrected chi connectivity index (χ4v) is 2.54. The van der Waals surface area contributed by atoms with Gasteiger partial charge in [-0.05, 0) is 19.3 Å². The molecule has 98 valence electrons. The van der Waals surface area contributed by atoms with Gasteiger partial charge >= 0.3 is 0 Å². The van der Waals surface area contributed by atoms with E-state index in [1.165, 1.54) is 0 Å². The fourth-order valence-electron chi connectivity index (χ4n) is 2.54. The number of amides is 1. The summed E-state index contributed by atoms with van der Waals surface area (Å²) in [6.07, 6.45) is 3.92. The van der Waals surface area contributed by atoms with Crippen LogP contribution in [-0.2, 0) is 0 Å². The zero-order valence-corrected chi connectivity index (χ0v) is 10.6. The van der Waals surface area contributed by atoms with Crippen LogP contribution in [0, 0.1) is 0 Å². The minimum Gasteiger partial charge on any atom is -0.386 e. The Morgan fingerprint density at radius 1 is 1.61 bits per heavy atom. The molecule has 18 heavy (non-hydrogen) atoms. The molecule has 1 saturated carbocycles. The third kappa shape index (κ3) is 2.03. The van der Waals surface area contributed by atoms with Crippen LogP contribution in [0.2, 0.25) is 0 Å². The lowest BCUT2D eigenvalue weighted by Crippen LogP contribution is -2.63. The number of aliphatic hydroxyl groups is 1. The Bertz CT molecular complexity index is 459. The van der Waals surface area contributed by atoms with Crippen molar-refractivity contribution in [2.75, 3.05) is 13.1 Å². The van der Waals surface area contributed by atoms with Crippen molar-refractivity contribution in [1.29, 1.82) is 0 Å². The summed E-state index contributed by atoms with van der Waals surface area (Å²) in [6, 6.07) is 1.75. The second-order valence-electron chi connectivity index (χ2n) is 5.52. The van der Waals surface area contributed by atoms with Gasteiger partial charge < -0.3 is 14.5 Å². The van der Waals surface area contributed by atoms with E-state index in [1.54, 1.807) is 11.0 Å². The summed E-state index contributed by atoms with van der Waals surface area (Å²) in [5.74, 6) is 1.15. The van der Waals surface area contributed by atoms with Crippen molar-refractivity contribution in [3.8, 4) is 0 Å². The number of likely N-dealkylation sites (tertiary alicyclic amines) is 1. The van der Waals surface area contributed by atoms with Gasteiger partial charge in [-0.3, -0.25) is 4.79 Å². The number of hydrogen-bond donors (Lipinski definition) is 1. The minimum atomic E-state index is -0.687. The van der Waals surface area contributed by atoms with Crippen LogP contribution in [0.1, 0.15) is 54.8 Å². The van der Waals surface area contributed by atoms with Crippen molar-refractivity contribution in [3.05, 3.63) is 17.5 Å². The van der Waals surface area contributed by atoms with Crippen molar-refractivity contribution in [1.82, 2.24) is 10.1 Å². The van der Waals surface area contributed by atoms with E-state index in [0.717, 1.165) is 31.4 Å². The number of carbonyl (C=O) groups excluding carboxylic acids is 1. The van der Waals surface area contributed by atoms with Gasteiger partial charge in [0.05, 0.1) is 18.7 Å². The first-order chi connectivity index (χ1) is 8.61. The molecule has 1 aromatic rings.